The zero-order valence-corrected chi connectivity index (χ0v) is 9.92. The maximum Gasteiger partial charge on any atom is 0.292 e. The molecule has 0 bridgehead atoms. The molecule has 0 atom stereocenters. The highest BCUT2D eigenvalue weighted by Crippen LogP contribution is 2.30. The van der Waals surface area contributed by atoms with Crippen molar-refractivity contribution in [3.63, 3.8) is 0 Å². The molecule has 0 aliphatic heterocycles. The zero-order chi connectivity index (χ0) is 11.8. The predicted octanol–water partition coefficient (Wildman–Crippen LogP) is 1.41. The van der Waals surface area contributed by atoms with Gasteiger partial charge >= 0.3 is 0 Å². The Hall–Kier alpha value is -1.65. The molecule has 2 aliphatic carbocycles. The average Bonchev–Trinajstić information content (AvgIpc) is 2.93. The van der Waals surface area contributed by atoms with E-state index in [0.717, 1.165) is 36.2 Å². The number of aryl methyl sites for hydroxylation is 1. The van der Waals surface area contributed by atoms with Gasteiger partial charge in [-0.15, -0.1) is 0 Å². The van der Waals surface area contributed by atoms with Crippen LogP contribution in [0.4, 0.5) is 0 Å². The van der Waals surface area contributed by atoms with Crippen molar-refractivity contribution in [3.8, 4) is 0 Å². The average molecular weight is 232 g/mol. The molecule has 0 saturated heterocycles. The zero-order valence-electron chi connectivity index (χ0n) is 9.92. The summed E-state index contributed by atoms with van der Waals surface area (Å²) >= 11 is 0. The number of fused-ring (bicyclic) bond motifs is 1. The van der Waals surface area contributed by atoms with Gasteiger partial charge in [0.2, 0.25) is 0 Å². The molecular weight excluding hydrogens is 216 g/mol. The van der Waals surface area contributed by atoms with E-state index in [0.29, 0.717) is 11.6 Å². The number of amides is 1. The molecule has 1 fully saturated rings. The van der Waals surface area contributed by atoms with E-state index in [9.17, 15) is 4.79 Å². The predicted molar refractivity (Wildman–Crippen MR) is 63.9 cm³/mol. The normalized spacial score (nSPS) is 19.2. The van der Waals surface area contributed by atoms with Gasteiger partial charge in [-0.3, -0.25) is 9.89 Å². The Labute approximate surface area is 99.7 Å². The largest absolute Gasteiger partial charge is 0.292 e. The summed E-state index contributed by atoms with van der Waals surface area (Å²) in [4.78, 5) is 11.9. The molecule has 0 radical (unpaired) electrons. The summed E-state index contributed by atoms with van der Waals surface area (Å²) in [6.45, 7) is 1.97. The van der Waals surface area contributed by atoms with Gasteiger partial charge in [0, 0.05) is 17.0 Å². The quantitative estimate of drug-likeness (QED) is 0.611. The number of H-pyrrole nitrogens is 1. The number of rotatable bonds is 3. The highest BCUT2D eigenvalue weighted by Gasteiger charge is 2.26. The molecule has 0 unspecified atom stereocenters. The van der Waals surface area contributed by atoms with Crippen molar-refractivity contribution in [2.45, 2.75) is 39.0 Å². The lowest BCUT2D eigenvalue weighted by atomic mass is 10.2. The van der Waals surface area contributed by atoms with E-state index in [4.69, 9.17) is 0 Å². The van der Waals surface area contributed by atoms with Gasteiger partial charge in [-0.2, -0.15) is 10.2 Å². The van der Waals surface area contributed by atoms with Crippen molar-refractivity contribution in [2.24, 2.45) is 11.0 Å². The van der Waals surface area contributed by atoms with Crippen LogP contribution in [0.25, 0.3) is 0 Å². The Morgan fingerprint density at radius 2 is 2.29 bits per heavy atom. The lowest BCUT2D eigenvalue weighted by molar-refractivity contribution is 0.0949. The topological polar surface area (TPSA) is 70.1 Å². The summed E-state index contributed by atoms with van der Waals surface area (Å²) in [6.07, 6.45) is 5.44. The third-order valence-corrected chi connectivity index (χ3v) is 3.52. The van der Waals surface area contributed by atoms with Crippen molar-refractivity contribution >= 4 is 11.6 Å². The van der Waals surface area contributed by atoms with Crippen LogP contribution in [-0.2, 0) is 12.8 Å². The van der Waals surface area contributed by atoms with E-state index in [2.05, 4.69) is 20.7 Å². The number of aromatic nitrogens is 2. The molecule has 1 aromatic heterocycles. The highest BCUT2D eigenvalue weighted by atomic mass is 16.2. The Bertz CT molecular complexity index is 485. The molecule has 1 amide bonds. The van der Waals surface area contributed by atoms with Crippen LogP contribution in [0, 0.1) is 5.92 Å². The number of hydrogen-bond donors (Lipinski definition) is 2. The second kappa shape index (κ2) is 3.98. The fourth-order valence-electron chi connectivity index (χ4n) is 2.29. The molecule has 5 heteroatoms. The minimum absolute atomic E-state index is 0.190. The number of hydrazone groups is 1. The summed E-state index contributed by atoms with van der Waals surface area (Å²) in [5, 5.41) is 11.1. The molecule has 5 nitrogen and oxygen atoms in total. The number of carbonyl (C=O) groups is 1. The van der Waals surface area contributed by atoms with E-state index >= 15 is 0 Å². The van der Waals surface area contributed by atoms with Crippen LogP contribution >= 0.6 is 0 Å². The third kappa shape index (κ3) is 1.97. The lowest BCUT2D eigenvalue weighted by Crippen LogP contribution is -2.21. The third-order valence-electron chi connectivity index (χ3n) is 3.52. The second-order valence-corrected chi connectivity index (χ2v) is 4.85. The Balaban J connectivity index is 1.71. The number of carbonyl (C=O) groups excluding carboxylic acids is 1. The van der Waals surface area contributed by atoms with Crippen LogP contribution in [0.5, 0.6) is 0 Å². The van der Waals surface area contributed by atoms with Crippen LogP contribution in [0.15, 0.2) is 5.10 Å². The molecule has 17 heavy (non-hydrogen) atoms. The minimum atomic E-state index is -0.190. The van der Waals surface area contributed by atoms with Crippen LogP contribution in [0.1, 0.15) is 47.9 Å². The van der Waals surface area contributed by atoms with Crippen LogP contribution in [0.2, 0.25) is 0 Å². The van der Waals surface area contributed by atoms with E-state index < -0.39 is 0 Å². The smallest absolute Gasteiger partial charge is 0.281 e. The van der Waals surface area contributed by atoms with Gasteiger partial charge in [0.05, 0.1) is 0 Å². The number of hydrogen-bond acceptors (Lipinski definition) is 3. The maximum absolute atomic E-state index is 11.9. The van der Waals surface area contributed by atoms with E-state index in [1.807, 2.05) is 6.92 Å². The summed E-state index contributed by atoms with van der Waals surface area (Å²) in [6, 6.07) is 0. The van der Waals surface area contributed by atoms with Crippen molar-refractivity contribution in [2.75, 3.05) is 0 Å². The Morgan fingerprint density at radius 3 is 3.06 bits per heavy atom. The van der Waals surface area contributed by atoms with E-state index in [1.165, 1.54) is 12.8 Å². The van der Waals surface area contributed by atoms with Gasteiger partial charge in [-0.05, 0) is 44.9 Å². The molecule has 0 aromatic carbocycles. The van der Waals surface area contributed by atoms with Crippen LogP contribution in [0.3, 0.4) is 0 Å². The molecule has 1 heterocycles. The van der Waals surface area contributed by atoms with Crippen molar-refractivity contribution in [3.05, 3.63) is 17.0 Å². The number of aromatic amines is 1. The molecule has 90 valence electrons. The monoisotopic (exact) mass is 232 g/mol. The molecule has 1 saturated carbocycles. The molecule has 1 aromatic rings. The van der Waals surface area contributed by atoms with Gasteiger partial charge in [0.15, 0.2) is 5.69 Å². The molecule has 2 aliphatic rings. The Morgan fingerprint density at radius 1 is 1.47 bits per heavy atom. The lowest BCUT2D eigenvalue weighted by Gasteiger charge is -2.00. The van der Waals surface area contributed by atoms with Gasteiger partial charge in [-0.25, -0.2) is 5.43 Å². The molecule has 2 N–H and O–H groups in total. The van der Waals surface area contributed by atoms with Crippen molar-refractivity contribution in [1.82, 2.24) is 15.6 Å². The summed E-state index contributed by atoms with van der Waals surface area (Å²) in [7, 11) is 0. The van der Waals surface area contributed by atoms with Gasteiger partial charge in [0.25, 0.3) is 5.91 Å². The van der Waals surface area contributed by atoms with Crippen molar-refractivity contribution in [1.29, 1.82) is 0 Å². The molecule has 3 rings (SSSR count). The van der Waals surface area contributed by atoms with Crippen LogP contribution < -0.4 is 5.43 Å². The summed E-state index contributed by atoms with van der Waals surface area (Å²) in [5.74, 6) is 0.393. The second-order valence-electron chi connectivity index (χ2n) is 4.85. The highest BCUT2D eigenvalue weighted by molar-refractivity contribution is 5.95. The first-order chi connectivity index (χ1) is 8.25. The first-order valence-corrected chi connectivity index (χ1v) is 6.16. The Kier molecular flexibility index (Phi) is 2.46. The van der Waals surface area contributed by atoms with Gasteiger partial charge in [0.1, 0.15) is 0 Å². The summed E-state index contributed by atoms with van der Waals surface area (Å²) in [5.41, 5.74) is 6.32. The number of nitrogens with zero attached hydrogens (tertiary/aromatic N) is 2. The first-order valence-electron chi connectivity index (χ1n) is 6.16. The van der Waals surface area contributed by atoms with Crippen LogP contribution in [-0.4, -0.2) is 21.8 Å². The molecular formula is C12H16N4O. The van der Waals surface area contributed by atoms with Gasteiger partial charge < -0.3 is 0 Å². The number of nitrogens with one attached hydrogen (secondary N) is 2. The molecule has 0 spiro atoms. The minimum Gasteiger partial charge on any atom is -0.281 e. The maximum atomic E-state index is 11.9. The fraction of sp³-hybridized carbons (Fsp3) is 0.583. The van der Waals surface area contributed by atoms with E-state index in [1.54, 1.807) is 0 Å². The van der Waals surface area contributed by atoms with E-state index in [-0.39, 0.29) is 5.91 Å². The summed E-state index contributed by atoms with van der Waals surface area (Å²) < 4.78 is 0. The van der Waals surface area contributed by atoms with Gasteiger partial charge in [-0.1, -0.05) is 0 Å². The fourth-order valence-corrected chi connectivity index (χ4v) is 2.29. The standard InChI is InChI=1S/C12H16N4O/c1-7(8-5-6-8)13-16-12(17)11-9-3-2-4-10(9)14-15-11/h8H,2-6H2,1H3,(H,14,15)(H,16,17). The van der Waals surface area contributed by atoms with Crippen molar-refractivity contribution < 1.29 is 4.79 Å². The SMILES string of the molecule is CC(=NNC(=O)c1n[nH]c2c1CCC2)C1CC1. The first kappa shape index (κ1) is 10.5.